The lowest BCUT2D eigenvalue weighted by molar-refractivity contribution is -0.284. The van der Waals surface area contributed by atoms with Crippen molar-refractivity contribution in [1.82, 2.24) is 0 Å². The highest BCUT2D eigenvalue weighted by atomic mass is 16.8. The predicted octanol–water partition coefficient (Wildman–Crippen LogP) is 6.63. The molecule has 9 heteroatoms. The van der Waals surface area contributed by atoms with Crippen LogP contribution in [0.25, 0.3) is 11.1 Å². The van der Waals surface area contributed by atoms with Crippen molar-refractivity contribution in [2.45, 2.75) is 64.2 Å². The molecule has 1 heterocycles. The zero-order valence-corrected chi connectivity index (χ0v) is 25.9. The minimum atomic E-state index is -1.17. The molecule has 1 aliphatic heterocycles. The fourth-order valence-corrected chi connectivity index (χ4v) is 5.94. The van der Waals surface area contributed by atoms with Gasteiger partial charge in [-0.1, -0.05) is 72.8 Å². The molecular formula is C37H36O9. The molecule has 0 N–H and O–H groups in total. The van der Waals surface area contributed by atoms with Gasteiger partial charge in [0.05, 0.1) is 19.8 Å². The predicted molar refractivity (Wildman–Crippen MR) is 168 cm³/mol. The summed E-state index contributed by atoms with van der Waals surface area (Å²) in [5.74, 6) is 0.488. The summed E-state index contributed by atoms with van der Waals surface area (Å²) in [5, 5.41) is 0. The van der Waals surface area contributed by atoms with Gasteiger partial charge in [-0.2, -0.15) is 0 Å². The van der Waals surface area contributed by atoms with Gasteiger partial charge < -0.3 is 33.2 Å². The molecule has 4 aromatic carbocycles. The molecule has 0 saturated carbocycles. The summed E-state index contributed by atoms with van der Waals surface area (Å²) in [6.07, 6.45) is -5.00. The van der Waals surface area contributed by atoms with Crippen LogP contribution in [0.1, 0.15) is 36.1 Å². The molecule has 46 heavy (non-hydrogen) atoms. The largest absolute Gasteiger partial charge is 0.509 e. The Morgan fingerprint density at radius 3 is 2.24 bits per heavy atom. The van der Waals surface area contributed by atoms with E-state index in [1.165, 1.54) is 18.1 Å². The van der Waals surface area contributed by atoms with Crippen LogP contribution in [0.3, 0.4) is 0 Å². The third-order valence-electron chi connectivity index (χ3n) is 8.15. The first-order valence-corrected chi connectivity index (χ1v) is 15.2. The van der Waals surface area contributed by atoms with Crippen LogP contribution in [-0.2, 0) is 48.1 Å². The first kappa shape index (κ1) is 31.1. The standard InChI is InChI=1S/C37H36O9/c1-23-33(41-21-25-10-5-4-6-11-25)34(35(44-24(2)38)36(43-23)45-29-18-16-28(40-3)17-19-29)46-37(39)42-22-27-13-9-15-31-30-14-8-7-12-26(30)20-32(27)31/h4-19,23,33-36H,20-22H2,1-3H3/t23-,33-,34+,35+,36-/m0/s1. The van der Waals surface area contributed by atoms with E-state index in [1.807, 2.05) is 54.6 Å². The molecule has 238 valence electrons. The number of hydrogen-bond donors (Lipinski definition) is 0. The summed E-state index contributed by atoms with van der Waals surface area (Å²) >= 11 is 0. The number of rotatable bonds is 10. The second-order valence-corrected chi connectivity index (χ2v) is 11.2. The third-order valence-corrected chi connectivity index (χ3v) is 8.15. The zero-order valence-electron chi connectivity index (χ0n) is 25.9. The van der Waals surface area contributed by atoms with Crippen molar-refractivity contribution in [3.63, 3.8) is 0 Å². The van der Waals surface area contributed by atoms with Crippen LogP contribution in [0.2, 0.25) is 0 Å². The van der Waals surface area contributed by atoms with Crippen LogP contribution in [-0.4, -0.2) is 49.9 Å². The summed E-state index contributed by atoms with van der Waals surface area (Å²) in [6, 6.07) is 30.7. The average Bonchev–Trinajstić information content (AvgIpc) is 3.45. The summed E-state index contributed by atoms with van der Waals surface area (Å²) in [5.41, 5.74) is 6.46. The van der Waals surface area contributed by atoms with Crippen molar-refractivity contribution in [2.24, 2.45) is 0 Å². The van der Waals surface area contributed by atoms with E-state index in [-0.39, 0.29) is 13.2 Å². The molecule has 0 spiro atoms. The molecule has 9 nitrogen and oxygen atoms in total. The third kappa shape index (κ3) is 7.01. The van der Waals surface area contributed by atoms with Gasteiger partial charge in [-0.05, 0) is 71.0 Å². The highest BCUT2D eigenvalue weighted by Crippen LogP contribution is 2.38. The van der Waals surface area contributed by atoms with E-state index in [2.05, 4.69) is 18.2 Å². The fraction of sp³-hybridized carbons (Fsp3) is 0.297. The maximum Gasteiger partial charge on any atom is 0.509 e. The van der Waals surface area contributed by atoms with E-state index in [0.29, 0.717) is 11.5 Å². The van der Waals surface area contributed by atoms with Crippen LogP contribution in [0.15, 0.2) is 97.1 Å². The highest BCUT2D eigenvalue weighted by Gasteiger charge is 2.51. The van der Waals surface area contributed by atoms with E-state index >= 15 is 0 Å². The first-order chi connectivity index (χ1) is 22.4. The van der Waals surface area contributed by atoms with Crippen LogP contribution < -0.4 is 9.47 Å². The van der Waals surface area contributed by atoms with Crippen molar-refractivity contribution in [2.75, 3.05) is 7.11 Å². The van der Waals surface area contributed by atoms with Gasteiger partial charge in [0.15, 0.2) is 6.10 Å². The Bertz CT molecular complexity index is 1650. The minimum absolute atomic E-state index is 0.00825. The average molecular weight is 625 g/mol. The summed E-state index contributed by atoms with van der Waals surface area (Å²) in [4.78, 5) is 25.7. The second kappa shape index (κ2) is 14.1. The van der Waals surface area contributed by atoms with E-state index in [9.17, 15) is 9.59 Å². The summed E-state index contributed by atoms with van der Waals surface area (Å²) in [6.45, 7) is 3.28. The first-order valence-electron chi connectivity index (χ1n) is 15.2. The van der Waals surface area contributed by atoms with Crippen LogP contribution in [0.5, 0.6) is 11.5 Å². The lowest BCUT2D eigenvalue weighted by Crippen LogP contribution is -2.61. The normalized spacial score (nSPS) is 21.4. The molecule has 2 aliphatic rings. The number of carbonyl (C=O) groups is 2. The second-order valence-electron chi connectivity index (χ2n) is 11.2. The Kier molecular flexibility index (Phi) is 9.51. The van der Waals surface area contributed by atoms with E-state index in [1.54, 1.807) is 38.3 Å². The molecule has 5 atom stereocenters. The molecule has 1 saturated heterocycles. The summed E-state index contributed by atoms with van der Waals surface area (Å²) < 4.78 is 41.2. The van der Waals surface area contributed by atoms with Crippen LogP contribution in [0.4, 0.5) is 4.79 Å². The minimum Gasteiger partial charge on any atom is -0.497 e. The maximum absolute atomic E-state index is 13.4. The summed E-state index contributed by atoms with van der Waals surface area (Å²) in [7, 11) is 1.57. The lowest BCUT2D eigenvalue weighted by atomic mass is 9.98. The Labute approximate surface area is 267 Å². The quantitative estimate of drug-likeness (QED) is 0.159. The molecule has 0 unspecified atom stereocenters. The van der Waals surface area contributed by atoms with Gasteiger partial charge in [-0.3, -0.25) is 4.79 Å². The molecule has 0 amide bonds. The van der Waals surface area contributed by atoms with Gasteiger partial charge >= 0.3 is 12.1 Å². The van der Waals surface area contributed by atoms with Gasteiger partial charge in [0.25, 0.3) is 0 Å². The van der Waals surface area contributed by atoms with Gasteiger partial charge in [0, 0.05) is 6.92 Å². The van der Waals surface area contributed by atoms with E-state index in [4.69, 9.17) is 33.2 Å². The smallest absolute Gasteiger partial charge is 0.497 e. The Morgan fingerprint density at radius 1 is 0.761 bits per heavy atom. The molecule has 1 aliphatic carbocycles. The van der Waals surface area contributed by atoms with Crippen molar-refractivity contribution in [3.05, 3.63) is 119 Å². The number of hydrogen-bond acceptors (Lipinski definition) is 9. The van der Waals surface area contributed by atoms with Crippen LogP contribution >= 0.6 is 0 Å². The molecule has 0 radical (unpaired) electrons. The number of fused-ring (bicyclic) bond motifs is 3. The van der Waals surface area contributed by atoms with Crippen LogP contribution in [0, 0.1) is 0 Å². The zero-order chi connectivity index (χ0) is 32.0. The van der Waals surface area contributed by atoms with Gasteiger partial charge in [0.1, 0.15) is 24.2 Å². The van der Waals surface area contributed by atoms with Gasteiger partial charge in [0.2, 0.25) is 12.4 Å². The Balaban J connectivity index is 1.22. The van der Waals surface area contributed by atoms with Crippen molar-refractivity contribution >= 4 is 12.1 Å². The van der Waals surface area contributed by atoms with Crippen molar-refractivity contribution < 1.29 is 42.7 Å². The Morgan fingerprint density at radius 2 is 1.48 bits per heavy atom. The van der Waals surface area contributed by atoms with Crippen molar-refractivity contribution in [3.8, 4) is 22.6 Å². The number of methoxy groups -OCH3 is 1. The number of carbonyl (C=O) groups excluding carboxylic acids is 2. The molecule has 0 bridgehead atoms. The molecular weight excluding hydrogens is 588 g/mol. The monoisotopic (exact) mass is 624 g/mol. The highest BCUT2D eigenvalue weighted by molar-refractivity contribution is 5.78. The molecule has 1 fully saturated rings. The van der Waals surface area contributed by atoms with Crippen molar-refractivity contribution in [1.29, 1.82) is 0 Å². The molecule has 6 rings (SSSR count). The van der Waals surface area contributed by atoms with E-state index < -0.39 is 42.8 Å². The Hall–Kier alpha value is -4.86. The molecule has 0 aromatic heterocycles. The molecule has 4 aromatic rings. The maximum atomic E-state index is 13.4. The lowest BCUT2D eigenvalue weighted by Gasteiger charge is -2.43. The fourth-order valence-electron chi connectivity index (χ4n) is 5.94. The van der Waals surface area contributed by atoms with Gasteiger partial charge in [-0.25, -0.2) is 4.79 Å². The van der Waals surface area contributed by atoms with Gasteiger partial charge in [-0.15, -0.1) is 0 Å². The number of esters is 1. The number of ether oxygens (including phenoxy) is 7. The number of benzene rings is 4. The SMILES string of the molecule is COc1ccc(O[C@@H]2O[C@@H](C)[C@H](OCc3ccccc3)[C@@H](OC(=O)OCc3cccc4c3Cc3ccccc3-4)[C@H]2OC(C)=O)cc1. The van der Waals surface area contributed by atoms with E-state index in [0.717, 1.165) is 28.7 Å². The topological polar surface area (TPSA) is 98.8 Å².